The van der Waals surface area contributed by atoms with Gasteiger partial charge in [-0.3, -0.25) is 4.68 Å². The number of hydrogen-bond acceptors (Lipinski definition) is 4. The Hall–Kier alpha value is -1.75. The van der Waals surface area contributed by atoms with Crippen molar-refractivity contribution in [3.8, 4) is 0 Å². The second kappa shape index (κ2) is 6.43. The second-order valence-corrected chi connectivity index (χ2v) is 5.11. The Bertz CT molecular complexity index is 492. The number of aryl methyl sites for hydroxylation is 1. The molecule has 5 heteroatoms. The Morgan fingerprint density at radius 2 is 2.00 bits per heavy atom. The van der Waals surface area contributed by atoms with Crippen molar-refractivity contribution < 1.29 is 0 Å². The molecule has 102 valence electrons. The van der Waals surface area contributed by atoms with Crippen LogP contribution < -0.4 is 5.32 Å². The van der Waals surface area contributed by atoms with E-state index in [-0.39, 0.29) is 0 Å². The van der Waals surface area contributed by atoms with E-state index in [2.05, 4.69) is 40.3 Å². The minimum Gasteiger partial charge on any atom is -0.312 e. The summed E-state index contributed by atoms with van der Waals surface area (Å²) in [4.78, 5) is 8.03. The van der Waals surface area contributed by atoms with Crippen LogP contribution in [0.5, 0.6) is 0 Å². The summed E-state index contributed by atoms with van der Waals surface area (Å²) < 4.78 is 1.96. The van der Waals surface area contributed by atoms with Crippen molar-refractivity contribution in [3.05, 3.63) is 42.2 Å². The van der Waals surface area contributed by atoms with Crippen LogP contribution >= 0.6 is 0 Å². The van der Waals surface area contributed by atoms with Crippen molar-refractivity contribution in [1.29, 1.82) is 0 Å². The molecule has 1 N–H and O–H groups in total. The quantitative estimate of drug-likeness (QED) is 0.858. The smallest absolute Gasteiger partial charge is 0.115 e. The lowest BCUT2D eigenvalue weighted by Gasteiger charge is -2.21. The van der Waals surface area contributed by atoms with Crippen LogP contribution in [0.25, 0.3) is 0 Å². The van der Waals surface area contributed by atoms with E-state index >= 15 is 0 Å². The second-order valence-electron chi connectivity index (χ2n) is 5.11. The standard InChI is InChI=1S/C14H21N5/c1-11(2)13(14-4-5-18-19(14)3)9-15-6-12-7-16-10-17-8-12/h4-5,7-8,10-11,13,15H,6,9H2,1-3H3. The molecule has 0 spiro atoms. The van der Waals surface area contributed by atoms with Gasteiger partial charge in [-0.25, -0.2) is 9.97 Å². The molecule has 0 radical (unpaired) electrons. The normalized spacial score (nSPS) is 12.8. The minimum atomic E-state index is 0.456. The molecule has 2 aromatic rings. The molecule has 0 aliphatic heterocycles. The maximum absolute atomic E-state index is 4.26. The van der Waals surface area contributed by atoms with Crippen molar-refractivity contribution in [2.24, 2.45) is 13.0 Å². The first-order valence-corrected chi connectivity index (χ1v) is 6.61. The molecular weight excluding hydrogens is 238 g/mol. The van der Waals surface area contributed by atoms with Crippen molar-refractivity contribution in [1.82, 2.24) is 25.1 Å². The lowest BCUT2D eigenvalue weighted by Crippen LogP contribution is -2.26. The van der Waals surface area contributed by atoms with Crippen LogP contribution in [-0.4, -0.2) is 26.3 Å². The van der Waals surface area contributed by atoms with Gasteiger partial charge in [0.25, 0.3) is 0 Å². The molecule has 5 nitrogen and oxygen atoms in total. The highest BCUT2D eigenvalue weighted by Gasteiger charge is 2.18. The first-order valence-electron chi connectivity index (χ1n) is 6.61. The van der Waals surface area contributed by atoms with Gasteiger partial charge in [-0.05, 0) is 12.0 Å². The van der Waals surface area contributed by atoms with Crippen LogP contribution in [-0.2, 0) is 13.6 Å². The van der Waals surface area contributed by atoms with E-state index in [9.17, 15) is 0 Å². The molecule has 1 unspecified atom stereocenters. The molecule has 1 atom stereocenters. The van der Waals surface area contributed by atoms with Crippen LogP contribution in [0.4, 0.5) is 0 Å². The molecule has 0 aliphatic carbocycles. The number of aromatic nitrogens is 4. The summed E-state index contributed by atoms with van der Waals surface area (Å²) in [5.74, 6) is 1.02. The Labute approximate surface area is 114 Å². The summed E-state index contributed by atoms with van der Waals surface area (Å²) in [7, 11) is 2.00. The Morgan fingerprint density at radius 1 is 1.26 bits per heavy atom. The van der Waals surface area contributed by atoms with Gasteiger partial charge < -0.3 is 5.32 Å². The minimum absolute atomic E-state index is 0.456. The van der Waals surface area contributed by atoms with E-state index in [0.29, 0.717) is 11.8 Å². The molecule has 0 amide bonds. The monoisotopic (exact) mass is 259 g/mol. The Balaban J connectivity index is 1.94. The molecule has 0 fully saturated rings. The fourth-order valence-electron chi connectivity index (χ4n) is 2.22. The number of hydrogen-bond donors (Lipinski definition) is 1. The van der Waals surface area contributed by atoms with E-state index in [1.807, 2.05) is 30.3 Å². The summed E-state index contributed by atoms with van der Waals surface area (Å²) in [5.41, 5.74) is 2.38. The third-order valence-corrected chi connectivity index (χ3v) is 3.35. The molecule has 0 aromatic carbocycles. The van der Waals surface area contributed by atoms with Gasteiger partial charge in [0.05, 0.1) is 0 Å². The van der Waals surface area contributed by atoms with E-state index in [4.69, 9.17) is 0 Å². The highest BCUT2D eigenvalue weighted by Crippen LogP contribution is 2.22. The number of rotatable bonds is 6. The third-order valence-electron chi connectivity index (χ3n) is 3.35. The summed E-state index contributed by atoms with van der Waals surface area (Å²) in [6, 6.07) is 2.10. The summed E-state index contributed by atoms with van der Waals surface area (Å²) in [5, 5.41) is 7.73. The molecule has 2 rings (SSSR count). The van der Waals surface area contributed by atoms with E-state index in [1.54, 1.807) is 6.33 Å². The summed E-state index contributed by atoms with van der Waals surface area (Å²) >= 11 is 0. The molecule has 19 heavy (non-hydrogen) atoms. The predicted molar refractivity (Wildman–Crippen MR) is 74.5 cm³/mol. The topological polar surface area (TPSA) is 55.6 Å². The van der Waals surface area contributed by atoms with Crippen molar-refractivity contribution in [3.63, 3.8) is 0 Å². The molecule has 2 heterocycles. The van der Waals surface area contributed by atoms with Gasteiger partial charge in [0.15, 0.2) is 0 Å². The molecule has 0 saturated carbocycles. The SMILES string of the molecule is CC(C)C(CNCc1cncnc1)c1ccnn1C. The van der Waals surface area contributed by atoms with Gasteiger partial charge in [-0.2, -0.15) is 5.10 Å². The van der Waals surface area contributed by atoms with Gasteiger partial charge in [0.1, 0.15) is 6.33 Å². The fraction of sp³-hybridized carbons (Fsp3) is 0.500. The van der Waals surface area contributed by atoms with Crippen molar-refractivity contribution in [2.75, 3.05) is 6.54 Å². The zero-order valence-corrected chi connectivity index (χ0v) is 11.7. The fourth-order valence-corrected chi connectivity index (χ4v) is 2.22. The lowest BCUT2D eigenvalue weighted by atomic mass is 9.92. The van der Waals surface area contributed by atoms with Gasteiger partial charge in [0, 0.05) is 55.9 Å². The average molecular weight is 259 g/mol. The van der Waals surface area contributed by atoms with Crippen LogP contribution in [0.15, 0.2) is 31.0 Å². The van der Waals surface area contributed by atoms with Crippen molar-refractivity contribution in [2.45, 2.75) is 26.3 Å². The zero-order valence-electron chi connectivity index (χ0n) is 11.7. The average Bonchev–Trinajstić information content (AvgIpc) is 2.82. The first kappa shape index (κ1) is 13.7. The largest absolute Gasteiger partial charge is 0.312 e. The van der Waals surface area contributed by atoms with Crippen LogP contribution in [0.3, 0.4) is 0 Å². The third kappa shape index (κ3) is 3.61. The Morgan fingerprint density at radius 3 is 2.58 bits per heavy atom. The van der Waals surface area contributed by atoms with Gasteiger partial charge in [-0.1, -0.05) is 13.8 Å². The van der Waals surface area contributed by atoms with E-state index in [1.165, 1.54) is 5.69 Å². The predicted octanol–water partition coefficient (Wildman–Crippen LogP) is 1.74. The van der Waals surface area contributed by atoms with Crippen LogP contribution in [0.1, 0.15) is 31.0 Å². The van der Waals surface area contributed by atoms with Gasteiger partial charge >= 0.3 is 0 Å². The lowest BCUT2D eigenvalue weighted by molar-refractivity contribution is 0.436. The van der Waals surface area contributed by atoms with Gasteiger partial charge in [-0.15, -0.1) is 0 Å². The van der Waals surface area contributed by atoms with Gasteiger partial charge in [0.2, 0.25) is 0 Å². The molecule has 0 aliphatic rings. The number of nitrogens with one attached hydrogen (secondary N) is 1. The summed E-state index contributed by atoms with van der Waals surface area (Å²) in [6.45, 7) is 6.20. The molecule has 0 saturated heterocycles. The number of nitrogens with zero attached hydrogens (tertiary/aromatic N) is 4. The molecule has 0 bridgehead atoms. The summed E-state index contributed by atoms with van der Waals surface area (Å²) in [6.07, 6.45) is 7.09. The van der Waals surface area contributed by atoms with Crippen molar-refractivity contribution >= 4 is 0 Å². The van der Waals surface area contributed by atoms with E-state index < -0.39 is 0 Å². The molecule has 2 aromatic heterocycles. The highest BCUT2D eigenvalue weighted by molar-refractivity contribution is 5.10. The highest BCUT2D eigenvalue weighted by atomic mass is 15.3. The Kier molecular flexibility index (Phi) is 4.63. The first-order chi connectivity index (χ1) is 9.18. The van der Waals surface area contributed by atoms with Crippen LogP contribution in [0, 0.1) is 5.92 Å². The zero-order chi connectivity index (χ0) is 13.7. The van der Waals surface area contributed by atoms with E-state index in [0.717, 1.165) is 18.7 Å². The maximum atomic E-state index is 4.26. The van der Waals surface area contributed by atoms with Crippen LogP contribution in [0.2, 0.25) is 0 Å². The maximum Gasteiger partial charge on any atom is 0.115 e. The molecular formula is C14H21N5.